The van der Waals surface area contributed by atoms with Crippen LogP contribution < -0.4 is 10.0 Å². The molecule has 1 aromatic rings. The number of aryl methyl sites for hydroxylation is 1. The highest BCUT2D eigenvalue weighted by atomic mass is 32.2. The van der Waals surface area contributed by atoms with Gasteiger partial charge in [0.2, 0.25) is 0 Å². The van der Waals surface area contributed by atoms with E-state index < -0.39 is 16.1 Å². The topological polar surface area (TPSA) is 75.3 Å². The van der Waals surface area contributed by atoms with E-state index in [1.807, 2.05) is 30.7 Å². The van der Waals surface area contributed by atoms with E-state index in [4.69, 9.17) is 0 Å². The van der Waals surface area contributed by atoms with E-state index in [1.165, 1.54) is 12.1 Å². The van der Waals surface area contributed by atoms with Crippen molar-refractivity contribution in [3.05, 3.63) is 54.1 Å². The first-order valence-corrected chi connectivity index (χ1v) is 7.59. The number of carbonyl (C=O) groups excluding carboxylic acids is 1. The van der Waals surface area contributed by atoms with Gasteiger partial charge in [-0.25, -0.2) is 17.9 Å². The van der Waals surface area contributed by atoms with Crippen LogP contribution in [0.2, 0.25) is 0 Å². The highest BCUT2D eigenvalue weighted by Crippen LogP contribution is 2.09. The number of urea groups is 1. The Balaban J connectivity index is 2.58. The molecule has 6 heteroatoms. The number of amides is 2. The van der Waals surface area contributed by atoms with Crippen molar-refractivity contribution < 1.29 is 13.2 Å². The maximum absolute atomic E-state index is 11.9. The molecule has 20 heavy (non-hydrogen) atoms. The second-order valence-corrected chi connectivity index (χ2v) is 5.76. The Morgan fingerprint density at radius 3 is 2.45 bits per heavy atom. The second-order valence-electron chi connectivity index (χ2n) is 4.08. The molecule has 1 aromatic carbocycles. The molecule has 0 radical (unpaired) electrons. The van der Waals surface area contributed by atoms with Gasteiger partial charge in [0.05, 0.1) is 4.90 Å². The molecule has 1 rings (SSSR count). The monoisotopic (exact) mass is 294 g/mol. The molecule has 0 aliphatic carbocycles. The lowest BCUT2D eigenvalue weighted by Crippen LogP contribution is -2.39. The smallest absolute Gasteiger partial charge is 0.328 e. The Hall–Kier alpha value is -2.08. The molecule has 0 bridgehead atoms. The van der Waals surface area contributed by atoms with E-state index in [9.17, 15) is 13.2 Å². The van der Waals surface area contributed by atoms with Gasteiger partial charge in [-0.2, -0.15) is 0 Å². The van der Waals surface area contributed by atoms with Gasteiger partial charge >= 0.3 is 6.03 Å². The number of hydrogen-bond donors (Lipinski definition) is 2. The molecule has 0 saturated carbocycles. The van der Waals surface area contributed by atoms with Gasteiger partial charge in [0.25, 0.3) is 10.0 Å². The van der Waals surface area contributed by atoms with Crippen molar-refractivity contribution in [2.75, 3.05) is 6.54 Å². The first kappa shape index (κ1) is 16.0. The van der Waals surface area contributed by atoms with Crippen LogP contribution in [0.3, 0.4) is 0 Å². The highest BCUT2D eigenvalue weighted by molar-refractivity contribution is 7.90. The number of hydrogen-bond acceptors (Lipinski definition) is 3. The Bertz CT molecular complexity index is 602. The second kappa shape index (κ2) is 7.49. The summed E-state index contributed by atoms with van der Waals surface area (Å²) in [6.45, 7) is 3.98. The fraction of sp³-hybridized carbons (Fsp3) is 0.214. The summed E-state index contributed by atoms with van der Waals surface area (Å²) in [6, 6.07) is 5.50. The van der Waals surface area contributed by atoms with Gasteiger partial charge in [0.15, 0.2) is 0 Å². The SMILES string of the molecule is C/C=C/C=C/CNC(=O)NS(=O)(=O)c1ccc(C)cc1. The third-order valence-corrected chi connectivity index (χ3v) is 3.73. The first-order chi connectivity index (χ1) is 9.45. The van der Waals surface area contributed by atoms with Crippen LogP contribution in [-0.2, 0) is 10.0 Å². The van der Waals surface area contributed by atoms with Crippen LogP contribution in [0.15, 0.2) is 53.5 Å². The van der Waals surface area contributed by atoms with Crippen molar-refractivity contribution in [3.63, 3.8) is 0 Å². The van der Waals surface area contributed by atoms with Gasteiger partial charge in [-0.05, 0) is 26.0 Å². The molecule has 0 aliphatic rings. The van der Waals surface area contributed by atoms with E-state index in [2.05, 4.69) is 5.32 Å². The van der Waals surface area contributed by atoms with Gasteiger partial charge in [-0.3, -0.25) is 0 Å². The molecule has 108 valence electrons. The van der Waals surface area contributed by atoms with Crippen LogP contribution in [0, 0.1) is 6.92 Å². The Morgan fingerprint density at radius 2 is 1.85 bits per heavy atom. The third-order valence-electron chi connectivity index (χ3n) is 2.38. The summed E-state index contributed by atoms with van der Waals surface area (Å²) in [7, 11) is -3.82. The first-order valence-electron chi connectivity index (χ1n) is 6.11. The molecule has 0 atom stereocenters. The summed E-state index contributed by atoms with van der Waals surface area (Å²) in [6.07, 6.45) is 7.12. The molecule has 2 amide bonds. The van der Waals surface area contributed by atoms with Gasteiger partial charge < -0.3 is 5.32 Å². The molecule has 0 heterocycles. The number of rotatable bonds is 5. The molecule has 2 N–H and O–H groups in total. The third kappa shape index (κ3) is 5.27. The molecule has 5 nitrogen and oxygen atoms in total. The number of benzene rings is 1. The molecular weight excluding hydrogens is 276 g/mol. The van der Waals surface area contributed by atoms with Gasteiger partial charge in [-0.1, -0.05) is 42.0 Å². The van der Waals surface area contributed by atoms with E-state index in [0.717, 1.165) is 5.56 Å². The van der Waals surface area contributed by atoms with Crippen LogP contribution in [-0.4, -0.2) is 21.0 Å². The maximum Gasteiger partial charge on any atom is 0.328 e. The minimum absolute atomic E-state index is 0.0581. The predicted molar refractivity (Wildman–Crippen MR) is 78.9 cm³/mol. The molecule has 0 fully saturated rings. The molecular formula is C14H18N2O3S. The number of sulfonamides is 1. The van der Waals surface area contributed by atoms with Gasteiger partial charge in [-0.15, -0.1) is 0 Å². The predicted octanol–water partition coefficient (Wildman–Crippen LogP) is 2.12. The van der Waals surface area contributed by atoms with Crippen LogP contribution in [0.1, 0.15) is 12.5 Å². The van der Waals surface area contributed by atoms with Crippen molar-refractivity contribution in [3.8, 4) is 0 Å². The Morgan fingerprint density at radius 1 is 1.20 bits per heavy atom. The zero-order chi connectivity index (χ0) is 15.0. The van der Waals surface area contributed by atoms with E-state index in [0.29, 0.717) is 0 Å². The molecule has 0 saturated heterocycles. The fourth-order valence-electron chi connectivity index (χ4n) is 1.34. The standard InChI is InChI=1S/C14H18N2O3S/c1-3-4-5-6-11-15-14(17)16-20(18,19)13-9-7-12(2)8-10-13/h3-10H,11H2,1-2H3,(H2,15,16,17)/b4-3+,6-5+. The number of allylic oxidation sites excluding steroid dienone is 3. The lowest BCUT2D eigenvalue weighted by Gasteiger charge is -2.07. The summed E-state index contributed by atoms with van der Waals surface area (Å²) < 4.78 is 25.7. The van der Waals surface area contributed by atoms with E-state index in [1.54, 1.807) is 24.3 Å². The summed E-state index contributed by atoms with van der Waals surface area (Å²) in [5, 5.41) is 2.43. The summed E-state index contributed by atoms with van der Waals surface area (Å²) in [5.74, 6) is 0. The van der Waals surface area contributed by atoms with E-state index >= 15 is 0 Å². The minimum Gasteiger partial charge on any atom is -0.334 e. The lowest BCUT2D eigenvalue weighted by atomic mass is 10.2. The maximum atomic E-state index is 11.9. The van der Waals surface area contributed by atoms with Crippen molar-refractivity contribution in [2.24, 2.45) is 0 Å². The van der Waals surface area contributed by atoms with E-state index in [-0.39, 0.29) is 11.4 Å². The van der Waals surface area contributed by atoms with Crippen molar-refractivity contribution in [2.45, 2.75) is 18.7 Å². The Labute approximate surface area is 119 Å². The largest absolute Gasteiger partial charge is 0.334 e. The quantitative estimate of drug-likeness (QED) is 0.817. The summed E-state index contributed by atoms with van der Waals surface area (Å²) >= 11 is 0. The van der Waals surface area contributed by atoms with Crippen molar-refractivity contribution in [1.29, 1.82) is 0 Å². The average Bonchev–Trinajstić information content (AvgIpc) is 2.38. The molecule has 0 aliphatic heterocycles. The molecule has 0 spiro atoms. The minimum atomic E-state index is -3.82. The summed E-state index contributed by atoms with van der Waals surface area (Å²) in [4.78, 5) is 11.5. The van der Waals surface area contributed by atoms with Gasteiger partial charge in [0.1, 0.15) is 0 Å². The van der Waals surface area contributed by atoms with Crippen LogP contribution in [0.5, 0.6) is 0 Å². The summed E-state index contributed by atoms with van der Waals surface area (Å²) in [5.41, 5.74) is 0.947. The fourth-order valence-corrected chi connectivity index (χ4v) is 2.27. The van der Waals surface area contributed by atoms with Crippen LogP contribution in [0.25, 0.3) is 0 Å². The van der Waals surface area contributed by atoms with Crippen LogP contribution in [0.4, 0.5) is 4.79 Å². The van der Waals surface area contributed by atoms with Crippen LogP contribution >= 0.6 is 0 Å². The average molecular weight is 294 g/mol. The molecule has 0 unspecified atom stereocenters. The number of nitrogens with one attached hydrogen (secondary N) is 2. The Kier molecular flexibility index (Phi) is 5.99. The normalized spacial score (nSPS) is 11.9. The number of carbonyl (C=O) groups is 1. The van der Waals surface area contributed by atoms with Gasteiger partial charge in [0, 0.05) is 6.54 Å². The van der Waals surface area contributed by atoms with Crippen molar-refractivity contribution in [1.82, 2.24) is 10.0 Å². The molecule has 0 aromatic heterocycles. The van der Waals surface area contributed by atoms with Crippen molar-refractivity contribution >= 4 is 16.1 Å². The zero-order valence-corrected chi connectivity index (χ0v) is 12.3. The lowest BCUT2D eigenvalue weighted by molar-refractivity contribution is 0.247. The zero-order valence-electron chi connectivity index (χ0n) is 11.5. The highest BCUT2D eigenvalue weighted by Gasteiger charge is 2.16.